The largest absolute Gasteiger partial charge is 0.393 e. The van der Waals surface area contributed by atoms with Crippen LogP contribution in [0.5, 0.6) is 0 Å². The summed E-state index contributed by atoms with van der Waals surface area (Å²) in [5.41, 5.74) is -0.130. The molecule has 1 aromatic rings. The summed E-state index contributed by atoms with van der Waals surface area (Å²) >= 11 is 0. The molecule has 3 atom stereocenters. The second-order valence-corrected chi connectivity index (χ2v) is 7.00. The molecule has 4 heteroatoms. The standard InChI is InChI=1S/C19H27FO3/c1-2-18(14-21)11-12-19(23-18)10-6-5-9-17(19)22-13-15-7-3-4-8-16(15)20/h3-4,7-8,17,21H,2,5-6,9-14H2,1H3. The molecule has 2 fully saturated rings. The van der Waals surface area contributed by atoms with E-state index in [1.807, 2.05) is 6.07 Å². The zero-order valence-electron chi connectivity index (χ0n) is 13.9. The van der Waals surface area contributed by atoms with Crippen LogP contribution < -0.4 is 0 Å². The molecule has 1 aliphatic heterocycles. The number of hydrogen-bond acceptors (Lipinski definition) is 3. The number of ether oxygens (including phenoxy) is 2. The van der Waals surface area contributed by atoms with Crippen LogP contribution in [0, 0.1) is 5.82 Å². The van der Waals surface area contributed by atoms with E-state index in [1.54, 1.807) is 12.1 Å². The molecule has 2 aliphatic rings. The van der Waals surface area contributed by atoms with Gasteiger partial charge in [-0.2, -0.15) is 0 Å². The minimum absolute atomic E-state index is 0.0177. The third-order valence-electron chi connectivity index (χ3n) is 5.66. The summed E-state index contributed by atoms with van der Waals surface area (Å²) in [5, 5.41) is 9.75. The maximum atomic E-state index is 13.8. The minimum atomic E-state index is -0.420. The molecule has 0 bridgehead atoms. The van der Waals surface area contributed by atoms with Crippen LogP contribution in [-0.2, 0) is 16.1 Å². The zero-order chi connectivity index (χ0) is 16.3. The molecule has 3 unspecified atom stereocenters. The Labute approximate surface area is 137 Å². The van der Waals surface area contributed by atoms with E-state index in [-0.39, 0.29) is 30.7 Å². The maximum absolute atomic E-state index is 13.8. The molecule has 1 saturated carbocycles. The van der Waals surface area contributed by atoms with Gasteiger partial charge < -0.3 is 14.6 Å². The number of aliphatic hydroxyl groups excluding tert-OH is 1. The predicted octanol–water partition coefficient (Wildman–Crippen LogP) is 3.98. The smallest absolute Gasteiger partial charge is 0.128 e. The quantitative estimate of drug-likeness (QED) is 0.891. The van der Waals surface area contributed by atoms with Crippen LogP contribution >= 0.6 is 0 Å². The fourth-order valence-corrected chi connectivity index (χ4v) is 4.07. The van der Waals surface area contributed by atoms with Gasteiger partial charge in [-0.05, 0) is 38.2 Å². The number of benzene rings is 1. The van der Waals surface area contributed by atoms with Gasteiger partial charge in [-0.25, -0.2) is 4.39 Å². The van der Waals surface area contributed by atoms with Crippen LogP contribution in [0.4, 0.5) is 4.39 Å². The molecule has 0 aromatic heterocycles. The third kappa shape index (κ3) is 3.30. The van der Waals surface area contributed by atoms with Crippen molar-refractivity contribution in [1.29, 1.82) is 0 Å². The van der Waals surface area contributed by atoms with E-state index in [0.29, 0.717) is 5.56 Å². The Morgan fingerprint density at radius 3 is 2.78 bits per heavy atom. The van der Waals surface area contributed by atoms with Crippen molar-refractivity contribution in [2.75, 3.05) is 6.61 Å². The van der Waals surface area contributed by atoms with Crippen molar-refractivity contribution in [1.82, 2.24) is 0 Å². The highest BCUT2D eigenvalue weighted by Gasteiger charge is 2.53. The molecule has 0 radical (unpaired) electrons. The molecular weight excluding hydrogens is 295 g/mol. The normalized spacial score (nSPS) is 34.1. The van der Waals surface area contributed by atoms with Crippen LogP contribution in [0.25, 0.3) is 0 Å². The van der Waals surface area contributed by atoms with Gasteiger partial charge >= 0.3 is 0 Å². The first-order valence-electron chi connectivity index (χ1n) is 8.79. The summed E-state index contributed by atoms with van der Waals surface area (Å²) < 4.78 is 26.4. The lowest BCUT2D eigenvalue weighted by molar-refractivity contribution is -0.199. The number of hydrogen-bond donors (Lipinski definition) is 1. The summed E-state index contributed by atoms with van der Waals surface area (Å²) in [6.45, 7) is 2.40. The van der Waals surface area contributed by atoms with Crippen LogP contribution in [0.1, 0.15) is 57.4 Å². The summed E-state index contributed by atoms with van der Waals surface area (Å²) in [6, 6.07) is 6.76. The number of aliphatic hydroxyl groups is 1. The van der Waals surface area contributed by atoms with Crippen LogP contribution in [0.3, 0.4) is 0 Å². The van der Waals surface area contributed by atoms with Crippen molar-refractivity contribution >= 4 is 0 Å². The van der Waals surface area contributed by atoms with Gasteiger partial charge in [-0.3, -0.25) is 0 Å². The summed E-state index contributed by atoms with van der Waals surface area (Å²) in [4.78, 5) is 0. The molecule has 3 rings (SSSR count). The lowest BCUT2D eigenvalue weighted by atomic mass is 9.80. The fourth-order valence-electron chi connectivity index (χ4n) is 4.07. The SMILES string of the molecule is CCC1(CO)CCC2(CCCCC2OCc2ccccc2F)O1. The van der Waals surface area contributed by atoms with Gasteiger partial charge in [0.2, 0.25) is 0 Å². The fraction of sp³-hybridized carbons (Fsp3) is 0.684. The van der Waals surface area contributed by atoms with Gasteiger partial charge in [-0.15, -0.1) is 0 Å². The molecule has 1 aromatic carbocycles. The van der Waals surface area contributed by atoms with E-state index in [4.69, 9.17) is 9.47 Å². The van der Waals surface area contributed by atoms with Gasteiger partial charge in [-0.1, -0.05) is 38.0 Å². The molecule has 1 aliphatic carbocycles. The molecule has 3 nitrogen and oxygen atoms in total. The molecule has 1 N–H and O–H groups in total. The Bertz CT molecular complexity index is 529. The lowest BCUT2D eigenvalue weighted by Crippen LogP contribution is -2.49. The number of rotatable bonds is 5. The minimum Gasteiger partial charge on any atom is -0.393 e. The monoisotopic (exact) mass is 322 g/mol. The zero-order valence-corrected chi connectivity index (χ0v) is 13.9. The first kappa shape index (κ1) is 16.9. The van der Waals surface area contributed by atoms with Crippen LogP contribution in [-0.4, -0.2) is 29.0 Å². The Hall–Kier alpha value is -0.970. The van der Waals surface area contributed by atoms with Crippen LogP contribution in [0.15, 0.2) is 24.3 Å². The Morgan fingerprint density at radius 1 is 1.26 bits per heavy atom. The molecular formula is C19H27FO3. The van der Waals surface area contributed by atoms with E-state index >= 15 is 0 Å². The summed E-state index contributed by atoms with van der Waals surface area (Å²) in [7, 11) is 0. The Balaban J connectivity index is 1.71. The van der Waals surface area contributed by atoms with Crippen molar-refractivity contribution in [3.63, 3.8) is 0 Å². The van der Waals surface area contributed by atoms with Crippen molar-refractivity contribution in [3.8, 4) is 0 Å². The predicted molar refractivity (Wildman–Crippen MR) is 86.6 cm³/mol. The molecule has 1 heterocycles. The molecule has 128 valence electrons. The highest BCUT2D eigenvalue weighted by atomic mass is 19.1. The van der Waals surface area contributed by atoms with E-state index in [1.165, 1.54) is 6.07 Å². The summed E-state index contributed by atoms with van der Waals surface area (Å²) in [6.07, 6.45) is 6.75. The van der Waals surface area contributed by atoms with E-state index in [9.17, 15) is 9.50 Å². The van der Waals surface area contributed by atoms with Gasteiger partial charge in [0.15, 0.2) is 0 Å². The Morgan fingerprint density at radius 2 is 2.09 bits per heavy atom. The topological polar surface area (TPSA) is 38.7 Å². The molecule has 1 saturated heterocycles. The average Bonchev–Trinajstić information content (AvgIpc) is 2.96. The first-order valence-corrected chi connectivity index (χ1v) is 8.79. The van der Waals surface area contributed by atoms with E-state index in [0.717, 1.165) is 44.9 Å². The average molecular weight is 322 g/mol. The van der Waals surface area contributed by atoms with Gasteiger partial charge in [0.1, 0.15) is 5.82 Å². The lowest BCUT2D eigenvalue weighted by Gasteiger charge is -2.42. The van der Waals surface area contributed by atoms with Crippen molar-refractivity contribution < 1.29 is 19.0 Å². The van der Waals surface area contributed by atoms with Crippen molar-refractivity contribution in [2.24, 2.45) is 0 Å². The highest BCUT2D eigenvalue weighted by molar-refractivity contribution is 5.16. The van der Waals surface area contributed by atoms with Crippen molar-refractivity contribution in [3.05, 3.63) is 35.6 Å². The number of halogens is 1. The molecule has 0 amide bonds. The first-order chi connectivity index (χ1) is 11.1. The Kier molecular flexibility index (Phi) is 5.04. The summed E-state index contributed by atoms with van der Waals surface area (Å²) in [5.74, 6) is -0.219. The van der Waals surface area contributed by atoms with Gasteiger partial charge in [0.05, 0.1) is 30.5 Å². The van der Waals surface area contributed by atoms with Crippen molar-refractivity contribution in [2.45, 2.75) is 75.8 Å². The second-order valence-electron chi connectivity index (χ2n) is 7.00. The van der Waals surface area contributed by atoms with E-state index < -0.39 is 5.60 Å². The molecule has 23 heavy (non-hydrogen) atoms. The van der Waals surface area contributed by atoms with Crippen LogP contribution in [0.2, 0.25) is 0 Å². The van der Waals surface area contributed by atoms with Gasteiger partial charge in [0.25, 0.3) is 0 Å². The van der Waals surface area contributed by atoms with Gasteiger partial charge in [0, 0.05) is 5.56 Å². The third-order valence-corrected chi connectivity index (χ3v) is 5.66. The maximum Gasteiger partial charge on any atom is 0.128 e. The molecule has 1 spiro atoms. The second kappa shape index (κ2) is 6.88. The van der Waals surface area contributed by atoms with E-state index in [2.05, 4.69) is 6.92 Å². The highest BCUT2D eigenvalue weighted by Crippen LogP contribution is 2.48.